The van der Waals surface area contributed by atoms with Crippen LogP contribution < -0.4 is 5.32 Å². The van der Waals surface area contributed by atoms with Crippen molar-refractivity contribution in [1.82, 2.24) is 14.5 Å². The Kier molecular flexibility index (Phi) is 3.26. The summed E-state index contributed by atoms with van der Waals surface area (Å²) in [6.45, 7) is 3.95. The van der Waals surface area contributed by atoms with Crippen LogP contribution in [-0.2, 0) is 6.42 Å². The molecule has 122 valence electrons. The number of rotatable bonds is 2. The zero-order chi connectivity index (χ0) is 16.8. The average molecular weight is 324 g/mol. The second-order valence-electron chi connectivity index (χ2n) is 6.18. The second kappa shape index (κ2) is 5.33. The molecular formula is C18H17FN4O. The van der Waals surface area contributed by atoms with E-state index >= 15 is 0 Å². The van der Waals surface area contributed by atoms with E-state index in [1.807, 2.05) is 13.1 Å². The molecule has 0 saturated heterocycles. The number of hydrogen-bond donors (Lipinski definition) is 2. The third-order valence-corrected chi connectivity index (χ3v) is 4.52. The first-order valence-electron chi connectivity index (χ1n) is 7.85. The van der Waals surface area contributed by atoms with Crippen LogP contribution in [0.4, 0.5) is 10.1 Å². The summed E-state index contributed by atoms with van der Waals surface area (Å²) < 4.78 is 15.5. The van der Waals surface area contributed by atoms with E-state index in [-0.39, 0.29) is 17.8 Å². The molecule has 1 aliphatic heterocycles. The fourth-order valence-corrected chi connectivity index (χ4v) is 3.24. The molecule has 0 fully saturated rings. The molecule has 0 unspecified atom stereocenters. The molecule has 0 spiro atoms. The number of nitrogens with one attached hydrogen (secondary N) is 2. The SMILES string of the molecule is Cc1ccc(F)cc1NC(=O)c1c[nH]c2c1-c1nccn1[C@H](C)C2. The number of fused-ring (bicyclic) bond motifs is 3. The summed E-state index contributed by atoms with van der Waals surface area (Å²) >= 11 is 0. The molecule has 3 aromatic rings. The van der Waals surface area contributed by atoms with Crippen molar-refractivity contribution in [3.05, 3.63) is 59.4 Å². The summed E-state index contributed by atoms with van der Waals surface area (Å²) in [5, 5.41) is 2.80. The molecule has 1 atom stereocenters. The molecule has 5 nitrogen and oxygen atoms in total. The van der Waals surface area contributed by atoms with Gasteiger partial charge in [0.05, 0.1) is 11.1 Å². The van der Waals surface area contributed by atoms with Crippen LogP contribution in [0.25, 0.3) is 11.4 Å². The zero-order valence-corrected chi connectivity index (χ0v) is 13.4. The first kappa shape index (κ1) is 14.7. The number of amides is 1. The number of aromatic nitrogens is 3. The minimum Gasteiger partial charge on any atom is -0.364 e. The van der Waals surface area contributed by atoms with Gasteiger partial charge in [0.25, 0.3) is 5.91 Å². The van der Waals surface area contributed by atoms with Gasteiger partial charge in [-0.2, -0.15) is 0 Å². The Morgan fingerprint density at radius 3 is 3.12 bits per heavy atom. The highest BCUT2D eigenvalue weighted by atomic mass is 19.1. The van der Waals surface area contributed by atoms with Gasteiger partial charge in [0.15, 0.2) is 0 Å². The van der Waals surface area contributed by atoms with E-state index < -0.39 is 0 Å². The van der Waals surface area contributed by atoms with Crippen LogP contribution in [0.15, 0.2) is 36.8 Å². The molecule has 1 amide bonds. The Morgan fingerprint density at radius 2 is 2.29 bits per heavy atom. The molecule has 6 heteroatoms. The third kappa shape index (κ3) is 2.22. The van der Waals surface area contributed by atoms with Crippen molar-refractivity contribution in [1.29, 1.82) is 0 Å². The van der Waals surface area contributed by atoms with E-state index in [1.54, 1.807) is 18.5 Å². The Labute approximate surface area is 138 Å². The standard InChI is InChI=1S/C18H17FN4O/c1-10-3-4-12(19)8-14(10)22-18(24)13-9-21-15-7-11(2)23-6-5-20-17(23)16(13)15/h3-6,8-9,11,21H,7H2,1-2H3,(H,22,24)/t11-/m1/s1. The summed E-state index contributed by atoms with van der Waals surface area (Å²) in [4.78, 5) is 20.3. The van der Waals surface area contributed by atoms with E-state index in [1.165, 1.54) is 12.1 Å². The summed E-state index contributed by atoms with van der Waals surface area (Å²) in [6.07, 6.45) is 6.18. The minimum absolute atomic E-state index is 0.273. The highest BCUT2D eigenvalue weighted by molar-refractivity contribution is 6.09. The lowest BCUT2D eigenvalue weighted by molar-refractivity contribution is 0.102. The number of carbonyl (C=O) groups is 1. The van der Waals surface area contributed by atoms with Crippen LogP contribution >= 0.6 is 0 Å². The normalized spacial score (nSPS) is 15.7. The molecule has 24 heavy (non-hydrogen) atoms. The smallest absolute Gasteiger partial charge is 0.257 e. The maximum absolute atomic E-state index is 13.4. The van der Waals surface area contributed by atoms with Gasteiger partial charge in [-0.25, -0.2) is 9.37 Å². The lowest BCUT2D eigenvalue weighted by Gasteiger charge is -2.22. The van der Waals surface area contributed by atoms with Gasteiger partial charge < -0.3 is 14.9 Å². The number of aryl methyl sites for hydroxylation is 1. The molecule has 3 heterocycles. The highest BCUT2D eigenvalue weighted by Gasteiger charge is 2.28. The van der Waals surface area contributed by atoms with Gasteiger partial charge in [-0.3, -0.25) is 4.79 Å². The van der Waals surface area contributed by atoms with E-state index in [2.05, 4.69) is 26.8 Å². The minimum atomic E-state index is -0.378. The largest absolute Gasteiger partial charge is 0.364 e. The van der Waals surface area contributed by atoms with Crippen LogP contribution in [-0.4, -0.2) is 20.4 Å². The number of halogens is 1. The fraction of sp³-hybridized carbons (Fsp3) is 0.222. The van der Waals surface area contributed by atoms with Gasteiger partial charge in [0, 0.05) is 42.4 Å². The third-order valence-electron chi connectivity index (χ3n) is 4.52. The van der Waals surface area contributed by atoms with Crippen LogP contribution in [0, 0.1) is 12.7 Å². The first-order chi connectivity index (χ1) is 11.5. The van der Waals surface area contributed by atoms with Gasteiger partial charge in [-0.15, -0.1) is 0 Å². The highest BCUT2D eigenvalue weighted by Crippen LogP contribution is 2.35. The Morgan fingerprint density at radius 1 is 1.46 bits per heavy atom. The molecule has 0 saturated carbocycles. The second-order valence-corrected chi connectivity index (χ2v) is 6.18. The van der Waals surface area contributed by atoms with E-state index in [0.29, 0.717) is 11.3 Å². The van der Waals surface area contributed by atoms with Crippen LogP contribution in [0.2, 0.25) is 0 Å². The maximum Gasteiger partial charge on any atom is 0.257 e. The van der Waals surface area contributed by atoms with Gasteiger partial charge in [-0.1, -0.05) is 6.07 Å². The maximum atomic E-state index is 13.4. The van der Waals surface area contributed by atoms with Crippen molar-refractivity contribution < 1.29 is 9.18 Å². The topological polar surface area (TPSA) is 62.7 Å². The van der Waals surface area contributed by atoms with Crippen molar-refractivity contribution >= 4 is 11.6 Å². The van der Waals surface area contributed by atoms with Gasteiger partial charge in [0.2, 0.25) is 0 Å². The lowest BCUT2D eigenvalue weighted by Crippen LogP contribution is -2.18. The van der Waals surface area contributed by atoms with Crippen molar-refractivity contribution in [3.8, 4) is 11.4 Å². The number of hydrogen-bond acceptors (Lipinski definition) is 2. The molecule has 0 radical (unpaired) electrons. The van der Waals surface area contributed by atoms with Crippen molar-refractivity contribution in [2.45, 2.75) is 26.3 Å². The number of H-pyrrole nitrogens is 1. The molecule has 1 aliphatic rings. The molecular weight excluding hydrogens is 307 g/mol. The average Bonchev–Trinajstić information content (AvgIpc) is 3.17. The fourth-order valence-electron chi connectivity index (χ4n) is 3.24. The van der Waals surface area contributed by atoms with Crippen molar-refractivity contribution in [2.75, 3.05) is 5.32 Å². The molecule has 2 N–H and O–H groups in total. The van der Waals surface area contributed by atoms with Crippen LogP contribution in [0.3, 0.4) is 0 Å². The molecule has 2 aromatic heterocycles. The van der Waals surface area contributed by atoms with Crippen LogP contribution in [0.5, 0.6) is 0 Å². The van der Waals surface area contributed by atoms with Gasteiger partial charge >= 0.3 is 0 Å². The number of nitrogens with zero attached hydrogens (tertiary/aromatic N) is 2. The Balaban J connectivity index is 1.72. The quantitative estimate of drug-likeness (QED) is 0.755. The summed E-state index contributed by atoms with van der Waals surface area (Å²) in [5.41, 5.74) is 3.63. The molecule has 4 rings (SSSR count). The summed E-state index contributed by atoms with van der Waals surface area (Å²) in [7, 11) is 0. The molecule has 0 aliphatic carbocycles. The van der Waals surface area contributed by atoms with E-state index in [4.69, 9.17) is 0 Å². The molecule has 0 bridgehead atoms. The monoisotopic (exact) mass is 324 g/mol. The van der Waals surface area contributed by atoms with Crippen LogP contribution in [0.1, 0.15) is 34.6 Å². The predicted molar refractivity (Wildman–Crippen MR) is 89.5 cm³/mol. The number of aromatic amines is 1. The summed E-state index contributed by atoms with van der Waals surface area (Å²) in [5.74, 6) is 0.132. The van der Waals surface area contributed by atoms with Gasteiger partial charge in [0.1, 0.15) is 11.6 Å². The number of imidazole rings is 1. The van der Waals surface area contributed by atoms with E-state index in [0.717, 1.165) is 29.1 Å². The van der Waals surface area contributed by atoms with Gasteiger partial charge in [-0.05, 0) is 31.5 Å². The number of benzene rings is 1. The molecule has 1 aromatic carbocycles. The van der Waals surface area contributed by atoms with Crippen molar-refractivity contribution in [3.63, 3.8) is 0 Å². The zero-order valence-electron chi connectivity index (χ0n) is 13.4. The lowest BCUT2D eigenvalue weighted by atomic mass is 10.00. The Bertz CT molecular complexity index is 940. The number of carbonyl (C=O) groups excluding carboxylic acids is 1. The van der Waals surface area contributed by atoms with E-state index in [9.17, 15) is 9.18 Å². The number of anilines is 1. The van der Waals surface area contributed by atoms with Crippen molar-refractivity contribution in [2.24, 2.45) is 0 Å². The summed E-state index contributed by atoms with van der Waals surface area (Å²) in [6, 6.07) is 4.64. The predicted octanol–water partition coefficient (Wildman–Crippen LogP) is 3.70. The Hall–Kier alpha value is -2.89. The first-order valence-corrected chi connectivity index (χ1v) is 7.85.